The van der Waals surface area contributed by atoms with Crippen molar-refractivity contribution < 1.29 is 0 Å². The summed E-state index contributed by atoms with van der Waals surface area (Å²) in [6, 6.07) is 82.9. The molecule has 0 aliphatic rings. The summed E-state index contributed by atoms with van der Waals surface area (Å²) in [5, 5.41) is 4.51. The van der Waals surface area contributed by atoms with E-state index < -0.39 is 0 Å². The number of pyridine rings is 2. The summed E-state index contributed by atoms with van der Waals surface area (Å²) in [5.41, 5.74) is 15.4. The van der Waals surface area contributed by atoms with Crippen molar-refractivity contribution in [3.63, 3.8) is 0 Å². The van der Waals surface area contributed by atoms with Crippen molar-refractivity contribution in [3.05, 3.63) is 255 Å². The van der Waals surface area contributed by atoms with Crippen molar-refractivity contribution in [2.45, 2.75) is 0 Å². The molecule has 0 aliphatic heterocycles. The van der Waals surface area contributed by atoms with Gasteiger partial charge in [0, 0.05) is 69.1 Å². The van der Waals surface area contributed by atoms with E-state index in [4.69, 9.17) is 0 Å². The van der Waals surface area contributed by atoms with E-state index in [9.17, 15) is 0 Å². The number of fused-ring (bicyclic) bond motifs is 2. The van der Waals surface area contributed by atoms with Gasteiger partial charge in [-0.05, 0) is 117 Å². The number of aromatic nitrogens is 2. The summed E-state index contributed by atoms with van der Waals surface area (Å²) in [4.78, 5) is 13.7. The molecule has 11 rings (SSSR count). The lowest BCUT2D eigenvalue weighted by molar-refractivity contribution is 1.29. The maximum atomic E-state index is 4.41. The third-order valence-electron chi connectivity index (χ3n) is 12.0. The summed E-state index contributed by atoms with van der Waals surface area (Å²) in [7, 11) is 0. The normalized spacial score (nSPS) is 11.1. The van der Waals surface area contributed by atoms with Crippen molar-refractivity contribution in [2.24, 2.45) is 0 Å². The molecule has 0 atom stereocenters. The number of hydrogen-bond acceptors (Lipinski definition) is 4. The molecule has 0 fully saturated rings. The molecule has 0 aliphatic carbocycles. The Kier molecular flexibility index (Phi) is 10.2. The quantitative estimate of drug-likeness (QED) is 0.102. The molecule has 9 aromatic carbocycles. The molecule has 2 aromatic heterocycles. The van der Waals surface area contributed by atoms with Crippen molar-refractivity contribution in [1.82, 2.24) is 9.97 Å². The van der Waals surface area contributed by atoms with Gasteiger partial charge in [0.2, 0.25) is 0 Å². The average molecular weight is 819 g/mol. The van der Waals surface area contributed by atoms with E-state index in [-0.39, 0.29) is 0 Å². The first-order valence-corrected chi connectivity index (χ1v) is 21.6. The first-order valence-electron chi connectivity index (χ1n) is 21.6. The third kappa shape index (κ3) is 7.33. The van der Waals surface area contributed by atoms with E-state index in [1.165, 1.54) is 0 Å². The van der Waals surface area contributed by atoms with Gasteiger partial charge in [0.15, 0.2) is 0 Å². The van der Waals surface area contributed by atoms with Crippen LogP contribution in [0, 0.1) is 0 Å². The molecule has 0 amide bonds. The van der Waals surface area contributed by atoms with E-state index >= 15 is 0 Å². The molecule has 0 unspecified atom stereocenters. The fourth-order valence-corrected chi connectivity index (χ4v) is 8.93. The van der Waals surface area contributed by atoms with Crippen LogP contribution in [0.4, 0.5) is 34.1 Å². The maximum Gasteiger partial charge on any atom is 0.0620 e. The summed E-state index contributed by atoms with van der Waals surface area (Å²) in [5.74, 6) is 0. The lowest BCUT2D eigenvalue weighted by Crippen LogP contribution is -2.14. The molecular formula is C60H42N4. The molecule has 4 nitrogen and oxygen atoms in total. The van der Waals surface area contributed by atoms with Crippen molar-refractivity contribution in [3.8, 4) is 44.5 Å². The first-order chi connectivity index (χ1) is 31.8. The van der Waals surface area contributed by atoms with Crippen LogP contribution >= 0.6 is 0 Å². The van der Waals surface area contributed by atoms with Crippen molar-refractivity contribution >= 4 is 55.7 Å². The zero-order valence-corrected chi connectivity index (χ0v) is 35.0. The number of hydrogen-bond donors (Lipinski definition) is 0. The molecule has 0 N–H and O–H groups in total. The van der Waals surface area contributed by atoms with Crippen molar-refractivity contribution in [2.75, 3.05) is 9.80 Å². The Balaban J connectivity index is 1.25. The first kappa shape index (κ1) is 38.3. The van der Waals surface area contributed by atoms with Crippen LogP contribution in [0.5, 0.6) is 0 Å². The maximum absolute atomic E-state index is 4.41. The molecule has 64 heavy (non-hydrogen) atoms. The molecule has 11 aromatic rings. The van der Waals surface area contributed by atoms with Gasteiger partial charge in [-0.25, -0.2) is 0 Å². The highest BCUT2D eigenvalue weighted by molar-refractivity contribution is 6.24. The predicted octanol–water partition coefficient (Wildman–Crippen LogP) is 16.4. The Bertz CT molecular complexity index is 3100. The van der Waals surface area contributed by atoms with E-state index in [1.54, 1.807) is 0 Å². The highest BCUT2D eigenvalue weighted by atomic mass is 15.2. The van der Waals surface area contributed by atoms with E-state index in [0.717, 1.165) is 100 Å². The number of nitrogens with zero attached hydrogens (tertiary/aromatic N) is 4. The zero-order valence-electron chi connectivity index (χ0n) is 35.0. The molecule has 0 spiro atoms. The smallest absolute Gasteiger partial charge is 0.0620 e. The fraction of sp³-hybridized carbons (Fsp3) is 0. The van der Waals surface area contributed by atoms with Gasteiger partial charge >= 0.3 is 0 Å². The molecular weight excluding hydrogens is 777 g/mol. The number of para-hydroxylation sites is 2. The second-order valence-corrected chi connectivity index (χ2v) is 15.9. The van der Waals surface area contributed by atoms with Gasteiger partial charge in [-0.2, -0.15) is 0 Å². The van der Waals surface area contributed by atoms with Gasteiger partial charge in [-0.15, -0.1) is 0 Å². The standard InChI is InChI=1S/C60H42N4/c1-5-15-43(16-6-1)47-29-35-55-57(39-47)59(63(51-21-9-3-10-22-51)53-31-25-45(26-32-53)49-19-13-37-61-41-49)56-36-30-48(44-17-7-2-8-18-44)40-58(56)60(55)64(52-23-11-4-12-24-52)54-33-27-46(28-34-54)50-20-14-38-62-42-50/h1-42H. The van der Waals surface area contributed by atoms with Gasteiger partial charge in [0.25, 0.3) is 0 Å². The van der Waals surface area contributed by atoms with E-state index in [2.05, 4.69) is 238 Å². The lowest BCUT2D eigenvalue weighted by atomic mass is 9.91. The largest absolute Gasteiger partial charge is 0.309 e. The fourth-order valence-electron chi connectivity index (χ4n) is 8.93. The number of anilines is 6. The summed E-state index contributed by atoms with van der Waals surface area (Å²) in [6.07, 6.45) is 7.48. The molecule has 2 heterocycles. The second-order valence-electron chi connectivity index (χ2n) is 15.9. The summed E-state index contributed by atoms with van der Waals surface area (Å²) in [6.45, 7) is 0. The monoisotopic (exact) mass is 818 g/mol. The Morgan fingerprint density at radius 1 is 0.234 bits per heavy atom. The van der Waals surface area contributed by atoms with Crippen LogP contribution < -0.4 is 9.80 Å². The van der Waals surface area contributed by atoms with Crippen LogP contribution in [0.2, 0.25) is 0 Å². The number of rotatable bonds is 10. The minimum Gasteiger partial charge on any atom is -0.309 e. The summed E-state index contributed by atoms with van der Waals surface area (Å²) >= 11 is 0. The van der Waals surface area contributed by atoms with Crippen LogP contribution in [0.15, 0.2) is 255 Å². The summed E-state index contributed by atoms with van der Waals surface area (Å²) < 4.78 is 0. The van der Waals surface area contributed by atoms with Crippen LogP contribution in [-0.4, -0.2) is 9.97 Å². The molecule has 302 valence electrons. The van der Waals surface area contributed by atoms with Gasteiger partial charge in [0.1, 0.15) is 0 Å². The minimum absolute atomic E-state index is 1.05. The molecule has 0 saturated carbocycles. The Morgan fingerprint density at radius 2 is 0.547 bits per heavy atom. The topological polar surface area (TPSA) is 32.3 Å². The van der Waals surface area contributed by atoms with Gasteiger partial charge in [0.05, 0.1) is 11.4 Å². The molecule has 4 heteroatoms. The molecule has 0 bridgehead atoms. The van der Waals surface area contributed by atoms with Crippen LogP contribution in [-0.2, 0) is 0 Å². The van der Waals surface area contributed by atoms with Crippen LogP contribution in [0.25, 0.3) is 66.1 Å². The van der Waals surface area contributed by atoms with Gasteiger partial charge < -0.3 is 9.80 Å². The number of benzene rings is 9. The SMILES string of the molecule is c1ccc(-c2ccc3c(N(c4ccccc4)c4ccc(-c5cccnc5)cc4)c4cc(-c5ccccc5)ccc4c(N(c4ccccc4)c4ccc(-c5cccnc5)cc4)c3c2)cc1. The van der Waals surface area contributed by atoms with E-state index in [1.807, 2.05) is 36.9 Å². The Hall–Kier alpha value is -8.60. The molecule has 0 radical (unpaired) electrons. The third-order valence-corrected chi connectivity index (χ3v) is 12.0. The van der Waals surface area contributed by atoms with Crippen LogP contribution in [0.1, 0.15) is 0 Å². The highest BCUT2D eigenvalue weighted by Crippen LogP contribution is 2.52. The van der Waals surface area contributed by atoms with Crippen LogP contribution in [0.3, 0.4) is 0 Å². The lowest BCUT2D eigenvalue weighted by Gasteiger charge is -2.33. The van der Waals surface area contributed by atoms with Gasteiger partial charge in [-0.1, -0.05) is 158 Å². The second kappa shape index (κ2) is 17.0. The minimum atomic E-state index is 1.05. The van der Waals surface area contributed by atoms with Crippen molar-refractivity contribution in [1.29, 1.82) is 0 Å². The Morgan fingerprint density at radius 3 is 0.906 bits per heavy atom. The molecule has 0 saturated heterocycles. The Labute approximate surface area is 373 Å². The van der Waals surface area contributed by atoms with E-state index in [0.29, 0.717) is 0 Å². The average Bonchev–Trinajstić information content (AvgIpc) is 3.39. The zero-order chi connectivity index (χ0) is 42.7. The predicted molar refractivity (Wildman–Crippen MR) is 268 cm³/mol. The highest BCUT2D eigenvalue weighted by Gasteiger charge is 2.26. The van der Waals surface area contributed by atoms with Gasteiger partial charge in [-0.3, -0.25) is 9.97 Å².